The molecule has 2 aromatic rings. The molecule has 0 spiro atoms. The van der Waals surface area contributed by atoms with Gasteiger partial charge in [-0.1, -0.05) is 37.0 Å². The number of fused-ring (bicyclic) bond motifs is 1. The molecule has 4 atom stereocenters. The molecule has 0 saturated carbocycles. The third kappa shape index (κ3) is 5.93. The molecule has 8 heteroatoms. The summed E-state index contributed by atoms with van der Waals surface area (Å²) in [4.78, 5) is 33.8. The summed E-state index contributed by atoms with van der Waals surface area (Å²) in [6, 6.07) is 10.2. The van der Waals surface area contributed by atoms with E-state index < -0.39 is 18.2 Å². The van der Waals surface area contributed by atoms with Crippen molar-refractivity contribution in [3.05, 3.63) is 59.3 Å². The van der Waals surface area contributed by atoms with Gasteiger partial charge in [0.15, 0.2) is 0 Å². The maximum Gasteiger partial charge on any atom is 0.259 e. The molecule has 1 aromatic carbocycles. The highest BCUT2D eigenvalue weighted by Crippen LogP contribution is 2.27. The Hall–Kier alpha value is -3.41. The molecule has 3 rings (SSSR count). The molecular formula is C26H31N3O5. The van der Waals surface area contributed by atoms with Crippen molar-refractivity contribution in [1.29, 1.82) is 0 Å². The molecule has 1 aromatic heterocycles. The molecule has 2 N–H and O–H groups in total. The summed E-state index contributed by atoms with van der Waals surface area (Å²) in [6.45, 7) is 5.70. The van der Waals surface area contributed by atoms with Gasteiger partial charge in [0, 0.05) is 36.8 Å². The van der Waals surface area contributed by atoms with Crippen molar-refractivity contribution >= 4 is 11.8 Å². The highest BCUT2D eigenvalue weighted by atomic mass is 16.5. The first-order valence-corrected chi connectivity index (χ1v) is 11.3. The van der Waals surface area contributed by atoms with E-state index in [2.05, 4.69) is 16.8 Å². The van der Waals surface area contributed by atoms with Crippen LogP contribution in [0.25, 0.3) is 0 Å². The molecule has 0 bridgehead atoms. The number of aromatic nitrogens is 1. The molecule has 0 unspecified atom stereocenters. The Kier molecular flexibility index (Phi) is 8.26. The summed E-state index contributed by atoms with van der Waals surface area (Å²) < 4.78 is 6.21. The zero-order chi connectivity index (χ0) is 24.8. The fourth-order valence-electron chi connectivity index (χ4n) is 3.73. The molecule has 0 aliphatic carbocycles. The fourth-order valence-corrected chi connectivity index (χ4v) is 3.73. The number of hydrogen-bond donors (Lipinski definition) is 2. The summed E-state index contributed by atoms with van der Waals surface area (Å²) >= 11 is 0. The van der Waals surface area contributed by atoms with Crippen molar-refractivity contribution in [2.45, 2.75) is 39.0 Å². The number of pyridine rings is 1. The maximum atomic E-state index is 13.4. The van der Waals surface area contributed by atoms with Gasteiger partial charge in [0.1, 0.15) is 17.8 Å². The van der Waals surface area contributed by atoms with Crippen LogP contribution in [0.1, 0.15) is 47.1 Å². The lowest BCUT2D eigenvalue weighted by Gasteiger charge is -2.37. The van der Waals surface area contributed by atoms with Crippen LogP contribution in [0.3, 0.4) is 0 Å². The van der Waals surface area contributed by atoms with Gasteiger partial charge < -0.3 is 24.7 Å². The Morgan fingerprint density at radius 2 is 2.03 bits per heavy atom. The van der Waals surface area contributed by atoms with Crippen LogP contribution in [-0.2, 0) is 0 Å². The Bertz CT molecular complexity index is 1080. The van der Waals surface area contributed by atoms with Crippen LogP contribution in [0.15, 0.2) is 42.6 Å². The largest absolute Gasteiger partial charge is 0.472 e. The molecule has 180 valence electrons. The monoisotopic (exact) mass is 465 g/mol. The molecule has 0 fully saturated rings. The predicted octanol–water partition coefficient (Wildman–Crippen LogP) is 1.81. The Morgan fingerprint density at radius 1 is 1.32 bits per heavy atom. The molecule has 2 amide bonds. The lowest BCUT2D eigenvalue weighted by Crippen LogP contribution is -2.50. The van der Waals surface area contributed by atoms with Crippen LogP contribution >= 0.6 is 0 Å². The molecule has 0 saturated heterocycles. The highest BCUT2D eigenvalue weighted by molar-refractivity contribution is 5.97. The SMILES string of the molecule is C[C@H](O)C#Cc1cnc2c(c1)C(=O)N([C@H](C)CO)C[C@H](C)[C@H](CN(C)C(=O)c1ccccc1)O2. The number of rotatable bonds is 5. The van der Waals surface area contributed by atoms with E-state index >= 15 is 0 Å². The zero-order valence-corrected chi connectivity index (χ0v) is 19.9. The van der Waals surface area contributed by atoms with Crippen LogP contribution in [0.5, 0.6) is 5.88 Å². The number of carbonyl (C=O) groups is 2. The number of amides is 2. The number of hydrogen-bond acceptors (Lipinski definition) is 6. The summed E-state index contributed by atoms with van der Waals surface area (Å²) in [5.74, 6) is 5.00. The summed E-state index contributed by atoms with van der Waals surface area (Å²) in [5.41, 5.74) is 1.27. The first kappa shape index (κ1) is 25.2. The van der Waals surface area contributed by atoms with Gasteiger partial charge in [0.2, 0.25) is 5.88 Å². The van der Waals surface area contributed by atoms with Gasteiger partial charge in [-0.2, -0.15) is 0 Å². The van der Waals surface area contributed by atoms with E-state index in [-0.39, 0.29) is 42.3 Å². The normalized spacial score (nSPS) is 19.5. The van der Waals surface area contributed by atoms with E-state index in [1.54, 1.807) is 48.9 Å². The summed E-state index contributed by atoms with van der Waals surface area (Å²) in [5, 5.41) is 19.2. The second kappa shape index (κ2) is 11.1. The van der Waals surface area contributed by atoms with Gasteiger partial charge in [-0.3, -0.25) is 9.59 Å². The van der Waals surface area contributed by atoms with Crippen LogP contribution in [0.2, 0.25) is 0 Å². The standard InChI is InChI=1S/C26H31N3O5/c1-17-14-29(18(2)16-30)26(33)22-12-20(11-10-19(3)31)13-27-24(22)34-23(17)15-28(4)25(32)21-8-6-5-7-9-21/h5-9,12-13,17-19,23,30-31H,14-16H2,1-4H3/t17-,18+,19-,23-/m0/s1. The second-order valence-electron chi connectivity index (χ2n) is 8.70. The third-order valence-corrected chi connectivity index (χ3v) is 5.77. The zero-order valence-electron chi connectivity index (χ0n) is 19.9. The molecule has 2 heterocycles. The van der Waals surface area contributed by atoms with Crippen LogP contribution < -0.4 is 4.74 Å². The first-order chi connectivity index (χ1) is 16.2. The van der Waals surface area contributed by atoms with Gasteiger partial charge >= 0.3 is 0 Å². The third-order valence-electron chi connectivity index (χ3n) is 5.77. The molecule has 1 aliphatic rings. The van der Waals surface area contributed by atoms with E-state index in [4.69, 9.17) is 4.74 Å². The van der Waals surface area contributed by atoms with E-state index in [0.717, 1.165) is 0 Å². The fraction of sp³-hybridized carbons (Fsp3) is 0.423. The quantitative estimate of drug-likeness (QED) is 0.653. The predicted molar refractivity (Wildman–Crippen MR) is 127 cm³/mol. The van der Waals surface area contributed by atoms with Crippen LogP contribution in [0.4, 0.5) is 0 Å². The lowest BCUT2D eigenvalue weighted by molar-refractivity contribution is 0.0313. The summed E-state index contributed by atoms with van der Waals surface area (Å²) in [7, 11) is 1.71. The maximum absolute atomic E-state index is 13.4. The van der Waals surface area contributed by atoms with Crippen LogP contribution in [-0.4, -0.2) is 81.8 Å². The van der Waals surface area contributed by atoms with Gasteiger partial charge in [0.05, 0.1) is 19.2 Å². The minimum Gasteiger partial charge on any atom is -0.472 e. The van der Waals surface area contributed by atoms with Gasteiger partial charge in [-0.25, -0.2) is 4.98 Å². The first-order valence-electron chi connectivity index (χ1n) is 11.3. The average molecular weight is 466 g/mol. The number of nitrogens with zero attached hydrogens (tertiary/aromatic N) is 3. The number of benzene rings is 1. The number of likely N-dealkylation sites (N-methyl/N-ethyl adjacent to an activating group) is 1. The van der Waals surface area contributed by atoms with E-state index in [1.165, 1.54) is 6.20 Å². The Balaban J connectivity index is 1.95. The van der Waals surface area contributed by atoms with Gasteiger partial charge in [0.25, 0.3) is 11.8 Å². The number of aliphatic hydroxyl groups excluding tert-OH is 2. The van der Waals surface area contributed by atoms with Crippen molar-refractivity contribution in [3.63, 3.8) is 0 Å². The van der Waals surface area contributed by atoms with Crippen molar-refractivity contribution in [3.8, 4) is 17.7 Å². The number of aliphatic hydroxyl groups is 2. The number of ether oxygens (including phenoxy) is 1. The van der Waals surface area contributed by atoms with E-state index in [1.807, 2.05) is 25.1 Å². The topological polar surface area (TPSA) is 103 Å². The van der Waals surface area contributed by atoms with Crippen molar-refractivity contribution in [2.24, 2.45) is 5.92 Å². The van der Waals surface area contributed by atoms with Crippen molar-refractivity contribution < 1.29 is 24.5 Å². The van der Waals surface area contributed by atoms with Gasteiger partial charge in [-0.05, 0) is 32.0 Å². The van der Waals surface area contributed by atoms with Gasteiger partial charge in [-0.15, -0.1) is 0 Å². The molecule has 0 radical (unpaired) electrons. The van der Waals surface area contributed by atoms with Crippen molar-refractivity contribution in [2.75, 3.05) is 26.7 Å². The molecule has 1 aliphatic heterocycles. The van der Waals surface area contributed by atoms with E-state index in [9.17, 15) is 19.8 Å². The lowest BCUT2D eigenvalue weighted by atomic mass is 9.99. The molecule has 8 nitrogen and oxygen atoms in total. The van der Waals surface area contributed by atoms with Crippen molar-refractivity contribution in [1.82, 2.24) is 14.8 Å². The van der Waals surface area contributed by atoms with E-state index in [0.29, 0.717) is 17.7 Å². The average Bonchev–Trinajstić information content (AvgIpc) is 2.84. The molecule has 34 heavy (non-hydrogen) atoms. The minimum atomic E-state index is -0.817. The number of carbonyl (C=O) groups excluding carboxylic acids is 2. The summed E-state index contributed by atoms with van der Waals surface area (Å²) in [6.07, 6.45) is 0.228. The Morgan fingerprint density at radius 3 is 2.68 bits per heavy atom. The highest BCUT2D eigenvalue weighted by Gasteiger charge is 2.34. The minimum absolute atomic E-state index is 0.132. The smallest absolute Gasteiger partial charge is 0.259 e. The molecular weight excluding hydrogens is 434 g/mol. The second-order valence-corrected chi connectivity index (χ2v) is 8.70. The Labute approximate surface area is 200 Å². The van der Waals surface area contributed by atoms with Crippen LogP contribution in [0, 0.1) is 17.8 Å².